The molecule has 2 N–H and O–H groups in total. The smallest absolute Gasteiger partial charge is 0.355 e. The summed E-state index contributed by atoms with van der Waals surface area (Å²) in [6, 6.07) is 18.8. The lowest BCUT2D eigenvalue weighted by atomic mass is 10.0. The van der Waals surface area contributed by atoms with Crippen LogP contribution < -0.4 is 5.32 Å². The van der Waals surface area contributed by atoms with Crippen molar-refractivity contribution in [2.45, 2.75) is 6.92 Å². The van der Waals surface area contributed by atoms with Crippen molar-refractivity contribution >= 4 is 23.6 Å². The van der Waals surface area contributed by atoms with Crippen molar-refractivity contribution in [1.82, 2.24) is 4.98 Å². The number of benzene rings is 2. The van der Waals surface area contributed by atoms with Crippen LogP contribution in [0.3, 0.4) is 0 Å². The quantitative estimate of drug-likeness (QED) is 0.502. The van der Waals surface area contributed by atoms with E-state index >= 15 is 0 Å². The Morgan fingerprint density at radius 2 is 1.70 bits per heavy atom. The predicted octanol–water partition coefficient (Wildman–Crippen LogP) is 4.51. The molecular weight excluding hydrogens is 340 g/mol. The van der Waals surface area contributed by atoms with Crippen molar-refractivity contribution in [2.75, 3.05) is 11.9 Å². The van der Waals surface area contributed by atoms with E-state index in [2.05, 4.69) is 10.3 Å². The van der Waals surface area contributed by atoms with E-state index in [1.54, 1.807) is 19.2 Å². The highest BCUT2D eigenvalue weighted by atomic mass is 16.5. The van der Waals surface area contributed by atoms with Crippen molar-refractivity contribution in [3.63, 3.8) is 0 Å². The molecule has 27 heavy (non-hydrogen) atoms. The maximum Gasteiger partial charge on any atom is 0.355 e. The number of amides is 1. The first kappa shape index (κ1) is 18.2. The molecule has 136 valence electrons. The Balaban J connectivity index is 1.90. The molecule has 0 fully saturated rings. The molecule has 1 aromatic heterocycles. The van der Waals surface area contributed by atoms with Gasteiger partial charge in [-0.3, -0.25) is 4.79 Å². The molecule has 0 saturated carbocycles. The number of carbonyl (C=O) groups is 2. The van der Waals surface area contributed by atoms with Gasteiger partial charge in [0.05, 0.1) is 6.61 Å². The second kappa shape index (κ2) is 8.67. The number of carbonyl (C=O) groups excluding carboxylic acids is 2. The van der Waals surface area contributed by atoms with Gasteiger partial charge < -0.3 is 15.0 Å². The Morgan fingerprint density at radius 3 is 2.37 bits per heavy atom. The van der Waals surface area contributed by atoms with Gasteiger partial charge in [-0.2, -0.15) is 0 Å². The second-order valence-corrected chi connectivity index (χ2v) is 5.77. The number of para-hydroxylation sites is 1. The Kier molecular flexibility index (Phi) is 5.84. The van der Waals surface area contributed by atoms with Gasteiger partial charge in [0.1, 0.15) is 5.69 Å². The third-order valence-electron chi connectivity index (χ3n) is 3.93. The molecule has 0 radical (unpaired) electrons. The minimum absolute atomic E-state index is 0.274. The minimum atomic E-state index is -0.456. The number of hydrogen-bond acceptors (Lipinski definition) is 3. The lowest BCUT2D eigenvalue weighted by Crippen LogP contribution is -2.08. The van der Waals surface area contributed by atoms with Crippen LogP contribution in [-0.4, -0.2) is 23.5 Å². The molecule has 0 aliphatic heterocycles. The van der Waals surface area contributed by atoms with Crippen molar-refractivity contribution < 1.29 is 14.3 Å². The lowest BCUT2D eigenvalue weighted by Gasteiger charge is -2.05. The van der Waals surface area contributed by atoms with E-state index in [0.29, 0.717) is 16.9 Å². The fourth-order valence-corrected chi connectivity index (χ4v) is 2.70. The van der Waals surface area contributed by atoms with Crippen molar-refractivity contribution in [3.8, 4) is 11.1 Å². The first-order valence-corrected chi connectivity index (χ1v) is 8.67. The highest BCUT2D eigenvalue weighted by molar-refractivity contribution is 6.04. The summed E-state index contributed by atoms with van der Waals surface area (Å²) >= 11 is 0. The highest BCUT2D eigenvalue weighted by Gasteiger charge is 2.18. The standard InChI is InChI=1S/C22H20N2O3/c1-2-27-22(26)21-18(19(15-23-21)16-9-5-3-6-10-16)13-14-20(25)24-17-11-7-4-8-12-17/h3-15,23H,2H2,1H3,(H,24,25)/b14-13+. The van der Waals surface area contributed by atoms with Gasteiger partial charge in [0.25, 0.3) is 0 Å². The van der Waals surface area contributed by atoms with Gasteiger partial charge in [-0.25, -0.2) is 4.79 Å². The molecule has 0 aliphatic carbocycles. The summed E-state index contributed by atoms with van der Waals surface area (Å²) in [6.45, 7) is 2.03. The van der Waals surface area contributed by atoms with E-state index in [9.17, 15) is 9.59 Å². The Bertz CT molecular complexity index is 944. The van der Waals surface area contributed by atoms with Gasteiger partial charge in [0.2, 0.25) is 5.91 Å². The van der Waals surface area contributed by atoms with Gasteiger partial charge in [0, 0.05) is 29.1 Å². The number of nitrogens with one attached hydrogen (secondary N) is 2. The first-order chi connectivity index (χ1) is 13.2. The topological polar surface area (TPSA) is 71.2 Å². The number of rotatable bonds is 6. The van der Waals surface area contributed by atoms with Gasteiger partial charge in [-0.05, 0) is 30.7 Å². The SMILES string of the molecule is CCOC(=O)c1[nH]cc(-c2ccccc2)c1/C=C/C(=O)Nc1ccccc1. The largest absolute Gasteiger partial charge is 0.461 e. The van der Waals surface area contributed by atoms with Crippen molar-refractivity contribution in [3.05, 3.63) is 84.2 Å². The average Bonchev–Trinajstić information content (AvgIpc) is 3.12. The number of ether oxygens (including phenoxy) is 1. The number of aromatic nitrogens is 1. The van der Waals surface area contributed by atoms with E-state index in [1.807, 2.05) is 60.7 Å². The van der Waals surface area contributed by atoms with Gasteiger partial charge >= 0.3 is 5.97 Å². The number of aromatic amines is 1. The monoisotopic (exact) mass is 360 g/mol. The van der Waals surface area contributed by atoms with Crippen LogP contribution in [0, 0.1) is 0 Å². The number of hydrogen-bond donors (Lipinski definition) is 2. The molecule has 0 atom stereocenters. The van der Waals surface area contributed by atoms with E-state index < -0.39 is 5.97 Å². The Morgan fingerprint density at radius 1 is 1.04 bits per heavy atom. The summed E-state index contributed by atoms with van der Waals surface area (Å²) in [7, 11) is 0. The molecular formula is C22H20N2O3. The van der Waals surface area contributed by atoms with Crippen LogP contribution in [0.1, 0.15) is 23.0 Å². The number of anilines is 1. The summed E-state index contributed by atoms with van der Waals surface area (Å²) in [6.07, 6.45) is 4.78. The van der Waals surface area contributed by atoms with Gasteiger partial charge in [0.15, 0.2) is 0 Å². The predicted molar refractivity (Wildman–Crippen MR) is 106 cm³/mol. The summed E-state index contributed by atoms with van der Waals surface area (Å²) < 4.78 is 5.12. The molecule has 5 heteroatoms. The molecule has 0 aliphatic rings. The van der Waals surface area contributed by atoms with Crippen molar-refractivity contribution in [2.24, 2.45) is 0 Å². The van der Waals surface area contributed by atoms with Crippen LogP contribution in [-0.2, 0) is 9.53 Å². The first-order valence-electron chi connectivity index (χ1n) is 8.67. The molecule has 0 bridgehead atoms. The summed E-state index contributed by atoms with van der Waals surface area (Å²) in [5, 5.41) is 2.79. The van der Waals surface area contributed by atoms with E-state index in [0.717, 1.165) is 11.1 Å². The molecule has 3 aromatic rings. The van der Waals surface area contributed by atoms with E-state index in [1.165, 1.54) is 6.08 Å². The second-order valence-electron chi connectivity index (χ2n) is 5.77. The van der Waals surface area contributed by atoms with Gasteiger partial charge in [-0.15, -0.1) is 0 Å². The van der Waals surface area contributed by atoms with Crippen LogP contribution in [0.5, 0.6) is 0 Å². The van der Waals surface area contributed by atoms with Crippen LogP contribution in [0.15, 0.2) is 72.9 Å². The normalized spacial score (nSPS) is 10.7. The van der Waals surface area contributed by atoms with Crippen LogP contribution in [0.25, 0.3) is 17.2 Å². The highest BCUT2D eigenvalue weighted by Crippen LogP contribution is 2.28. The minimum Gasteiger partial charge on any atom is -0.461 e. The molecule has 2 aromatic carbocycles. The van der Waals surface area contributed by atoms with Crippen LogP contribution in [0.4, 0.5) is 5.69 Å². The fourth-order valence-electron chi connectivity index (χ4n) is 2.70. The molecule has 0 spiro atoms. The fraction of sp³-hybridized carbons (Fsp3) is 0.0909. The Hall–Kier alpha value is -3.60. The van der Waals surface area contributed by atoms with Gasteiger partial charge in [-0.1, -0.05) is 48.5 Å². The summed E-state index contributed by atoms with van der Waals surface area (Å²) in [4.78, 5) is 27.5. The van der Waals surface area contributed by atoms with Crippen molar-refractivity contribution in [1.29, 1.82) is 0 Å². The maximum atomic E-state index is 12.3. The molecule has 3 rings (SSSR count). The maximum absolute atomic E-state index is 12.3. The molecule has 1 amide bonds. The van der Waals surface area contributed by atoms with E-state index in [-0.39, 0.29) is 12.5 Å². The lowest BCUT2D eigenvalue weighted by molar-refractivity contribution is -0.111. The zero-order valence-corrected chi connectivity index (χ0v) is 14.9. The Labute approximate surface area is 157 Å². The number of esters is 1. The zero-order valence-electron chi connectivity index (χ0n) is 14.9. The van der Waals surface area contributed by atoms with E-state index in [4.69, 9.17) is 4.74 Å². The third-order valence-corrected chi connectivity index (χ3v) is 3.93. The average molecular weight is 360 g/mol. The summed E-state index contributed by atoms with van der Waals surface area (Å²) in [5.74, 6) is -0.737. The van der Waals surface area contributed by atoms with Crippen LogP contribution >= 0.6 is 0 Å². The zero-order chi connectivity index (χ0) is 19.1. The molecule has 5 nitrogen and oxygen atoms in total. The van der Waals surface area contributed by atoms with Crippen LogP contribution in [0.2, 0.25) is 0 Å². The summed E-state index contributed by atoms with van der Waals surface area (Å²) in [5.41, 5.74) is 3.40. The molecule has 0 saturated heterocycles. The molecule has 0 unspecified atom stereocenters. The number of H-pyrrole nitrogens is 1. The molecule has 1 heterocycles. The third kappa shape index (κ3) is 4.52.